The molecule has 1 aliphatic rings. The van der Waals surface area contributed by atoms with E-state index in [1.54, 1.807) is 0 Å². The molecule has 0 radical (unpaired) electrons. The van der Waals surface area contributed by atoms with Crippen molar-refractivity contribution in [2.75, 3.05) is 25.9 Å². The van der Waals surface area contributed by atoms with Crippen LogP contribution in [0.2, 0.25) is 0 Å². The largest absolute Gasteiger partial charge is 0.361 e. The van der Waals surface area contributed by atoms with Crippen LogP contribution in [-0.4, -0.2) is 42.1 Å². The number of nitrogens with one attached hydrogen (secondary N) is 3. The van der Waals surface area contributed by atoms with Gasteiger partial charge in [-0.25, -0.2) is 0 Å². The molecule has 1 aromatic carbocycles. The van der Waals surface area contributed by atoms with Crippen molar-refractivity contribution in [2.24, 2.45) is 4.99 Å². The molecule has 0 amide bonds. The second-order valence-corrected chi connectivity index (χ2v) is 7.03. The Bertz CT molecular complexity index is 634. The summed E-state index contributed by atoms with van der Waals surface area (Å²) in [6.45, 7) is 1.90. The quantitative estimate of drug-likeness (QED) is 0.377. The van der Waals surface area contributed by atoms with E-state index in [1.807, 2.05) is 7.05 Å². The maximum atomic E-state index is 4.31. The smallest absolute Gasteiger partial charge is 0.191 e. The molecule has 126 valence electrons. The van der Waals surface area contributed by atoms with Crippen molar-refractivity contribution >= 4 is 52.6 Å². The number of H-pyrrole nitrogens is 1. The molecule has 6 heteroatoms. The van der Waals surface area contributed by atoms with E-state index >= 15 is 0 Å². The van der Waals surface area contributed by atoms with Gasteiger partial charge in [-0.1, -0.05) is 18.2 Å². The fraction of sp³-hybridized carbons (Fsp3) is 0.471. The van der Waals surface area contributed by atoms with Crippen LogP contribution in [0.15, 0.2) is 35.5 Å². The fourth-order valence-electron chi connectivity index (χ4n) is 2.89. The van der Waals surface area contributed by atoms with Gasteiger partial charge >= 0.3 is 0 Å². The van der Waals surface area contributed by atoms with Crippen LogP contribution in [0, 0.1) is 0 Å². The Balaban J connectivity index is 0.00000192. The average Bonchev–Trinajstić information content (AvgIpc) is 3.20. The molecule has 1 aliphatic heterocycles. The third-order valence-electron chi connectivity index (χ3n) is 4.11. The number of guanidine groups is 1. The van der Waals surface area contributed by atoms with E-state index in [0.29, 0.717) is 0 Å². The van der Waals surface area contributed by atoms with Gasteiger partial charge in [0.05, 0.1) is 0 Å². The van der Waals surface area contributed by atoms with Crippen LogP contribution in [0.5, 0.6) is 0 Å². The zero-order valence-electron chi connectivity index (χ0n) is 13.5. The molecule has 1 fully saturated rings. The maximum absolute atomic E-state index is 4.31. The number of para-hydroxylation sites is 1. The normalized spacial score (nSPS) is 18.0. The summed E-state index contributed by atoms with van der Waals surface area (Å²) in [6.07, 6.45) is 5.77. The van der Waals surface area contributed by atoms with Gasteiger partial charge in [-0.2, -0.15) is 11.8 Å². The van der Waals surface area contributed by atoms with E-state index in [4.69, 9.17) is 0 Å². The van der Waals surface area contributed by atoms with Gasteiger partial charge in [0.15, 0.2) is 5.96 Å². The van der Waals surface area contributed by atoms with Gasteiger partial charge < -0.3 is 15.6 Å². The molecule has 2 heterocycles. The molecule has 1 unspecified atom stereocenters. The Hall–Kier alpha value is -0.890. The minimum Gasteiger partial charge on any atom is -0.361 e. The highest BCUT2D eigenvalue weighted by atomic mass is 127. The Morgan fingerprint density at radius 3 is 3.00 bits per heavy atom. The fourth-order valence-corrected chi connectivity index (χ4v) is 4.09. The highest BCUT2D eigenvalue weighted by molar-refractivity contribution is 14.0. The lowest BCUT2D eigenvalue weighted by Gasteiger charge is -2.14. The molecular formula is C17H25IN4S. The highest BCUT2D eigenvalue weighted by Gasteiger charge is 2.15. The molecule has 1 saturated heterocycles. The van der Waals surface area contributed by atoms with Gasteiger partial charge in [-0.05, 0) is 36.6 Å². The van der Waals surface area contributed by atoms with E-state index in [1.165, 1.54) is 35.1 Å². The van der Waals surface area contributed by atoms with Crippen molar-refractivity contribution < 1.29 is 0 Å². The van der Waals surface area contributed by atoms with E-state index < -0.39 is 0 Å². The molecule has 4 nitrogen and oxygen atoms in total. The number of hydrogen-bond donors (Lipinski definition) is 3. The molecule has 0 saturated carbocycles. The van der Waals surface area contributed by atoms with Crippen molar-refractivity contribution in [1.29, 1.82) is 0 Å². The lowest BCUT2D eigenvalue weighted by molar-refractivity contribution is 0.724. The van der Waals surface area contributed by atoms with E-state index in [-0.39, 0.29) is 24.0 Å². The predicted molar refractivity (Wildman–Crippen MR) is 112 cm³/mol. The predicted octanol–water partition coefficient (Wildman–Crippen LogP) is 3.39. The maximum Gasteiger partial charge on any atom is 0.191 e. The summed E-state index contributed by atoms with van der Waals surface area (Å²) in [6, 6.07) is 8.44. The number of nitrogens with zero attached hydrogens (tertiary/aromatic N) is 1. The first-order valence-electron chi connectivity index (χ1n) is 7.98. The van der Waals surface area contributed by atoms with Crippen LogP contribution in [-0.2, 0) is 6.42 Å². The number of fused-ring (bicyclic) bond motifs is 1. The van der Waals surface area contributed by atoms with Gasteiger partial charge in [-0.3, -0.25) is 4.99 Å². The van der Waals surface area contributed by atoms with E-state index in [9.17, 15) is 0 Å². The van der Waals surface area contributed by atoms with Crippen LogP contribution in [0.4, 0.5) is 0 Å². The number of aromatic nitrogens is 1. The lowest BCUT2D eigenvalue weighted by Crippen LogP contribution is -2.40. The summed E-state index contributed by atoms with van der Waals surface area (Å²) in [7, 11) is 1.84. The third kappa shape index (κ3) is 5.04. The Morgan fingerprint density at radius 2 is 2.22 bits per heavy atom. The van der Waals surface area contributed by atoms with Gasteiger partial charge in [0.1, 0.15) is 0 Å². The second kappa shape index (κ2) is 9.42. The molecule has 2 aromatic rings. The SMILES string of the molecule is CN=C(NCCc1c[nH]c2ccccc12)NCC1CCCS1.I. The minimum absolute atomic E-state index is 0. The summed E-state index contributed by atoms with van der Waals surface area (Å²) < 4.78 is 0. The summed E-state index contributed by atoms with van der Waals surface area (Å²) in [4.78, 5) is 7.63. The van der Waals surface area contributed by atoms with E-state index in [2.05, 4.69) is 62.8 Å². The van der Waals surface area contributed by atoms with Crippen molar-refractivity contribution in [3.63, 3.8) is 0 Å². The Morgan fingerprint density at radius 1 is 1.35 bits per heavy atom. The number of aliphatic imine (C=N–C) groups is 1. The summed E-state index contributed by atoms with van der Waals surface area (Å²) >= 11 is 2.07. The molecule has 0 spiro atoms. The number of hydrogen-bond acceptors (Lipinski definition) is 2. The van der Waals surface area contributed by atoms with Crippen LogP contribution in [0.1, 0.15) is 18.4 Å². The molecule has 0 bridgehead atoms. The number of thioether (sulfide) groups is 1. The monoisotopic (exact) mass is 444 g/mol. The average molecular weight is 444 g/mol. The van der Waals surface area contributed by atoms with Gasteiger partial charge in [0, 0.05) is 42.5 Å². The first kappa shape index (κ1) is 18.4. The second-order valence-electron chi connectivity index (χ2n) is 5.62. The van der Waals surface area contributed by atoms with Crippen molar-refractivity contribution in [1.82, 2.24) is 15.6 Å². The van der Waals surface area contributed by atoms with Crippen LogP contribution in [0.25, 0.3) is 10.9 Å². The molecule has 23 heavy (non-hydrogen) atoms. The summed E-state index contributed by atoms with van der Waals surface area (Å²) in [5.74, 6) is 2.21. The zero-order chi connectivity index (χ0) is 15.2. The third-order valence-corrected chi connectivity index (χ3v) is 5.50. The topological polar surface area (TPSA) is 52.2 Å². The Labute approximate surface area is 159 Å². The first-order chi connectivity index (χ1) is 10.9. The summed E-state index contributed by atoms with van der Waals surface area (Å²) in [5.41, 5.74) is 2.56. The number of aromatic amines is 1. The van der Waals surface area contributed by atoms with Crippen molar-refractivity contribution in [3.8, 4) is 0 Å². The number of rotatable bonds is 5. The van der Waals surface area contributed by atoms with Crippen LogP contribution in [0.3, 0.4) is 0 Å². The molecule has 3 N–H and O–H groups in total. The Kier molecular flexibility index (Phi) is 7.55. The molecular weight excluding hydrogens is 419 g/mol. The summed E-state index contributed by atoms with van der Waals surface area (Å²) in [5, 5.41) is 8.91. The lowest BCUT2D eigenvalue weighted by atomic mass is 10.1. The minimum atomic E-state index is 0. The molecule has 0 aliphatic carbocycles. The van der Waals surface area contributed by atoms with Crippen molar-refractivity contribution in [2.45, 2.75) is 24.5 Å². The van der Waals surface area contributed by atoms with Gasteiger partial charge in [0.25, 0.3) is 0 Å². The molecule has 1 aromatic heterocycles. The van der Waals surface area contributed by atoms with Crippen LogP contribution >= 0.6 is 35.7 Å². The first-order valence-corrected chi connectivity index (χ1v) is 9.03. The molecule has 3 rings (SSSR count). The van der Waals surface area contributed by atoms with Gasteiger partial charge in [0.2, 0.25) is 0 Å². The highest BCUT2D eigenvalue weighted by Crippen LogP contribution is 2.25. The van der Waals surface area contributed by atoms with Gasteiger partial charge in [-0.15, -0.1) is 24.0 Å². The van der Waals surface area contributed by atoms with E-state index in [0.717, 1.165) is 30.7 Å². The van der Waals surface area contributed by atoms with Crippen molar-refractivity contribution in [3.05, 3.63) is 36.0 Å². The standard InChI is InChI=1S/C17H24N4S.HI/c1-18-17(21-12-14-5-4-10-22-14)19-9-8-13-11-20-16-7-3-2-6-15(13)16;/h2-3,6-7,11,14,20H,4-5,8-10,12H2,1H3,(H2,18,19,21);1H. The molecule has 1 atom stereocenters. The van der Waals surface area contributed by atoms with Crippen LogP contribution < -0.4 is 10.6 Å². The zero-order valence-corrected chi connectivity index (χ0v) is 16.6. The number of halogens is 1. The number of benzene rings is 1.